The van der Waals surface area contributed by atoms with E-state index >= 15 is 0 Å². The SMILES string of the molecule is Cc1[nH]ncc1CCCNC(C)CC(=O)Nc1ccccc1C(F)(F)F. The molecule has 1 amide bonds. The van der Waals surface area contributed by atoms with Gasteiger partial charge in [-0.1, -0.05) is 12.1 Å². The number of amides is 1. The molecule has 1 atom stereocenters. The minimum absolute atomic E-state index is 0.0942. The molecule has 0 saturated heterocycles. The standard InChI is InChI=1S/C18H23F3N4O/c1-12(22-9-5-6-14-11-23-25-13(14)2)10-17(26)24-16-8-4-3-7-15(16)18(19,20)21/h3-4,7-8,11-12,22H,5-6,9-10H2,1-2H3,(H,23,25)(H,24,26). The van der Waals surface area contributed by atoms with Gasteiger partial charge in [-0.25, -0.2) is 0 Å². The van der Waals surface area contributed by atoms with Crippen LogP contribution in [0.25, 0.3) is 0 Å². The summed E-state index contributed by atoms with van der Waals surface area (Å²) in [7, 11) is 0. The van der Waals surface area contributed by atoms with E-state index in [2.05, 4.69) is 20.8 Å². The molecule has 2 rings (SSSR count). The first-order chi connectivity index (χ1) is 12.3. The third-order valence-electron chi connectivity index (χ3n) is 4.05. The molecule has 0 saturated carbocycles. The summed E-state index contributed by atoms with van der Waals surface area (Å²) in [6.45, 7) is 4.50. The lowest BCUT2D eigenvalue weighted by molar-refractivity contribution is -0.137. The molecule has 1 unspecified atom stereocenters. The molecular weight excluding hydrogens is 345 g/mol. The number of hydrogen-bond acceptors (Lipinski definition) is 3. The van der Waals surface area contributed by atoms with Crippen molar-refractivity contribution in [3.8, 4) is 0 Å². The lowest BCUT2D eigenvalue weighted by atomic mass is 10.1. The molecule has 142 valence electrons. The number of aromatic nitrogens is 2. The second kappa shape index (κ2) is 8.84. The Labute approximate surface area is 150 Å². The van der Waals surface area contributed by atoms with Crippen LogP contribution in [0.2, 0.25) is 0 Å². The molecular formula is C18H23F3N4O. The van der Waals surface area contributed by atoms with Crippen molar-refractivity contribution in [2.75, 3.05) is 11.9 Å². The molecule has 0 spiro atoms. The highest BCUT2D eigenvalue weighted by molar-refractivity contribution is 5.92. The summed E-state index contributed by atoms with van der Waals surface area (Å²) in [6.07, 6.45) is -0.864. The van der Waals surface area contributed by atoms with Crippen LogP contribution in [-0.4, -0.2) is 28.7 Å². The highest BCUT2D eigenvalue weighted by Crippen LogP contribution is 2.34. The number of alkyl halides is 3. The first kappa shape index (κ1) is 20.0. The predicted octanol–water partition coefficient (Wildman–Crippen LogP) is 3.68. The summed E-state index contributed by atoms with van der Waals surface area (Å²) < 4.78 is 38.8. The Balaban J connectivity index is 1.76. The van der Waals surface area contributed by atoms with Crippen LogP contribution in [-0.2, 0) is 17.4 Å². The van der Waals surface area contributed by atoms with Gasteiger partial charge in [0, 0.05) is 18.2 Å². The van der Waals surface area contributed by atoms with Crippen molar-refractivity contribution in [3.63, 3.8) is 0 Å². The first-order valence-corrected chi connectivity index (χ1v) is 8.45. The highest BCUT2D eigenvalue weighted by atomic mass is 19.4. The predicted molar refractivity (Wildman–Crippen MR) is 93.8 cm³/mol. The van der Waals surface area contributed by atoms with E-state index in [0.717, 1.165) is 30.2 Å². The molecule has 8 heteroatoms. The molecule has 0 aliphatic heterocycles. The van der Waals surface area contributed by atoms with E-state index in [4.69, 9.17) is 0 Å². The fourth-order valence-electron chi connectivity index (χ4n) is 2.65. The van der Waals surface area contributed by atoms with Crippen LogP contribution < -0.4 is 10.6 Å². The van der Waals surface area contributed by atoms with Gasteiger partial charge in [-0.3, -0.25) is 9.89 Å². The number of rotatable bonds is 8. The van der Waals surface area contributed by atoms with E-state index < -0.39 is 17.6 Å². The molecule has 2 aromatic rings. The van der Waals surface area contributed by atoms with Gasteiger partial charge in [0.1, 0.15) is 0 Å². The van der Waals surface area contributed by atoms with Crippen LogP contribution in [0.1, 0.15) is 36.6 Å². The van der Waals surface area contributed by atoms with Gasteiger partial charge < -0.3 is 10.6 Å². The molecule has 0 aliphatic rings. The molecule has 1 heterocycles. The zero-order valence-corrected chi connectivity index (χ0v) is 14.8. The monoisotopic (exact) mass is 368 g/mol. The Bertz CT molecular complexity index is 727. The largest absolute Gasteiger partial charge is 0.418 e. The summed E-state index contributed by atoms with van der Waals surface area (Å²) in [4.78, 5) is 12.0. The molecule has 0 bridgehead atoms. The average molecular weight is 368 g/mol. The molecule has 0 fully saturated rings. The smallest absolute Gasteiger partial charge is 0.325 e. The van der Waals surface area contributed by atoms with Gasteiger partial charge in [-0.2, -0.15) is 18.3 Å². The van der Waals surface area contributed by atoms with Gasteiger partial charge in [0.15, 0.2) is 0 Å². The molecule has 1 aromatic heterocycles. The summed E-state index contributed by atoms with van der Waals surface area (Å²) >= 11 is 0. The number of para-hydroxylation sites is 1. The first-order valence-electron chi connectivity index (χ1n) is 8.45. The minimum Gasteiger partial charge on any atom is -0.325 e. The van der Waals surface area contributed by atoms with Gasteiger partial charge in [-0.05, 0) is 50.9 Å². The van der Waals surface area contributed by atoms with Crippen LogP contribution in [0.4, 0.5) is 18.9 Å². The summed E-state index contributed by atoms with van der Waals surface area (Å²) in [6, 6.07) is 4.83. The zero-order valence-electron chi connectivity index (χ0n) is 14.8. The van der Waals surface area contributed by atoms with E-state index in [9.17, 15) is 18.0 Å². The normalized spacial score (nSPS) is 12.8. The van der Waals surface area contributed by atoms with Crippen LogP contribution in [0, 0.1) is 6.92 Å². The van der Waals surface area contributed by atoms with Crippen molar-refractivity contribution in [3.05, 3.63) is 47.3 Å². The van der Waals surface area contributed by atoms with Crippen molar-refractivity contribution in [2.45, 2.75) is 45.3 Å². The number of carbonyl (C=O) groups is 1. The molecule has 5 nitrogen and oxygen atoms in total. The Kier molecular flexibility index (Phi) is 6.79. The topological polar surface area (TPSA) is 69.8 Å². The second-order valence-electron chi connectivity index (χ2n) is 6.27. The molecule has 26 heavy (non-hydrogen) atoms. The second-order valence-corrected chi connectivity index (χ2v) is 6.27. The van der Waals surface area contributed by atoms with Gasteiger partial charge in [0.05, 0.1) is 17.4 Å². The number of anilines is 1. The van der Waals surface area contributed by atoms with Gasteiger partial charge in [0.2, 0.25) is 5.91 Å². The van der Waals surface area contributed by atoms with E-state index in [1.54, 1.807) is 6.20 Å². The Morgan fingerprint density at radius 1 is 1.31 bits per heavy atom. The zero-order chi connectivity index (χ0) is 19.2. The van der Waals surface area contributed by atoms with Crippen molar-refractivity contribution < 1.29 is 18.0 Å². The van der Waals surface area contributed by atoms with E-state index in [1.165, 1.54) is 18.2 Å². The fourth-order valence-corrected chi connectivity index (χ4v) is 2.65. The molecule has 3 N–H and O–H groups in total. The Hall–Kier alpha value is -2.35. The number of nitrogens with one attached hydrogen (secondary N) is 3. The van der Waals surface area contributed by atoms with E-state index in [1.807, 2.05) is 13.8 Å². The number of aromatic amines is 1. The maximum atomic E-state index is 12.9. The van der Waals surface area contributed by atoms with Crippen molar-refractivity contribution in [1.82, 2.24) is 15.5 Å². The Morgan fingerprint density at radius 3 is 2.69 bits per heavy atom. The Morgan fingerprint density at radius 2 is 2.04 bits per heavy atom. The van der Waals surface area contributed by atoms with Crippen molar-refractivity contribution >= 4 is 11.6 Å². The molecule has 1 aromatic carbocycles. The third kappa shape index (κ3) is 5.87. The number of aryl methyl sites for hydroxylation is 2. The van der Waals surface area contributed by atoms with Crippen molar-refractivity contribution in [1.29, 1.82) is 0 Å². The number of carbonyl (C=O) groups excluding carboxylic acids is 1. The van der Waals surface area contributed by atoms with Crippen LogP contribution in [0.3, 0.4) is 0 Å². The van der Waals surface area contributed by atoms with E-state index in [-0.39, 0.29) is 18.2 Å². The average Bonchev–Trinajstić information content (AvgIpc) is 2.96. The van der Waals surface area contributed by atoms with Crippen LogP contribution in [0.15, 0.2) is 30.5 Å². The van der Waals surface area contributed by atoms with Gasteiger partial charge in [-0.15, -0.1) is 0 Å². The summed E-state index contributed by atoms with van der Waals surface area (Å²) in [5, 5.41) is 12.4. The van der Waals surface area contributed by atoms with Gasteiger partial charge >= 0.3 is 6.18 Å². The van der Waals surface area contributed by atoms with E-state index in [0.29, 0.717) is 6.54 Å². The van der Waals surface area contributed by atoms with Crippen LogP contribution >= 0.6 is 0 Å². The number of halogens is 3. The maximum absolute atomic E-state index is 12.9. The van der Waals surface area contributed by atoms with Crippen molar-refractivity contribution in [2.24, 2.45) is 0 Å². The fraction of sp³-hybridized carbons (Fsp3) is 0.444. The highest BCUT2D eigenvalue weighted by Gasteiger charge is 2.33. The third-order valence-corrected chi connectivity index (χ3v) is 4.05. The number of benzene rings is 1. The summed E-state index contributed by atoms with van der Waals surface area (Å²) in [5.41, 5.74) is 1.14. The number of nitrogens with zero attached hydrogens (tertiary/aromatic N) is 1. The maximum Gasteiger partial charge on any atom is 0.418 e. The summed E-state index contributed by atoms with van der Waals surface area (Å²) in [5.74, 6) is -0.452. The molecule has 0 aliphatic carbocycles. The van der Waals surface area contributed by atoms with Crippen LogP contribution in [0.5, 0.6) is 0 Å². The number of hydrogen-bond donors (Lipinski definition) is 3. The lowest BCUT2D eigenvalue weighted by Crippen LogP contribution is -2.31. The number of H-pyrrole nitrogens is 1. The quantitative estimate of drug-likeness (QED) is 0.623. The molecule has 0 radical (unpaired) electrons. The van der Waals surface area contributed by atoms with Gasteiger partial charge in [0.25, 0.3) is 0 Å². The minimum atomic E-state index is -4.50. The lowest BCUT2D eigenvalue weighted by Gasteiger charge is -2.16.